The van der Waals surface area contributed by atoms with Crippen molar-refractivity contribution in [1.29, 1.82) is 0 Å². The minimum absolute atomic E-state index is 0.00240. The zero-order valence-electron chi connectivity index (χ0n) is 18.0. The van der Waals surface area contributed by atoms with Crippen LogP contribution in [0.3, 0.4) is 0 Å². The summed E-state index contributed by atoms with van der Waals surface area (Å²) in [5.41, 5.74) is 3.12. The zero-order chi connectivity index (χ0) is 21.8. The topological polar surface area (TPSA) is 40.6 Å². The van der Waals surface area contributed by atoms with Crippen LogP contribution in [0.25, 0.3) is 0 Å². The molecule has 2 amide bonds. The van der Waals surface area contributed by atoms with E-state index < -0.39 is 6.04 Å². The second kappa shape index (κ2) is 9.17. The van der Waals surface area contributed by atoms with E-state index in [4.69, 9.17) is 0 Å². The van der Waals surface area contributed by atoms with Gasteiger partial charge in [-0.15, -0.1) is 0 Å². The molecule has 1 aliphatic heterocycles. The van der Waals surface area contributed by atoms with Crippen LogP contribution >= 0.6 is 0 Å². The number of benzene rings is 3. The molecular formula is C27H28N2O2. The third-order valence-corrected chi connectivity index (χ3v) is 6.22. The summed E-state index contributed by atoms with van der Waals surface area (Å²) in [5, 5.41) is 0. The van der Waals surface area contributed by atoms with E-state index in [1.54, 1.807) is 9.80 Å². The molecule has 3 atom stereocenters. The molecular weight excluding hydrogens is 384 g/mol. The molecule has 0 radical (unpaired) electrons. The predicted octanol–water partition coefficient (Wildman–Crippen LogP) is 4.79. The number of nitrogens with zero attached hydrogens (tertiary/aromatic N) is 2. The molecule has 0 aromatic heterocycles. The summed E-state index contributed by atoms with van der Waals surface area (Å²) in [6, 6.07) is 28.9. The lowest BCUT2D eigenvalue weighted by Gasteiger charge is -2.45. The third-order valence-electron chi connectivity index (χ3n) is 6.22. The Balaban J connectivity index is 1.68. The first-order valence-corrected chi connectivity index (χ1v) is 10.8. The van der Waals surface area contributed by atoms with Gasteiger partial charge in [0.1, 0.15) is 12.6 Å². The van der Waals surface area contributed by atoms with Gasteiger partial charge < -0.3 is 9.80 Å². The maximum atomic E-state index is 13.8. The number of amides is 2. The number of carbonyl (C=O) groups excluding carboxylic acids is 2. The van der Waals surface area contributed by atoms with Crippen molar-refractivity contribution in [2.75, 3.05) is 6.54 Å². The third kappa shape index (κ3) is 4.38. The molecule has 4 nitrogen and oxygen atoms in total. The largest absolute Gasteiger partial charge is 0.325 e. The quantitative estimate of drug-likeness (QED) is 0.584. The van der Waals surface area contributed by atoms with Crippen LogP contribution in [-0.4, -0.2) is 34.2 Å². The molecule has 0 N–H and O–H groups in total. The number of carbonyl (C=O) groups is 2. The van der Waals surface area contributed by atoms with Gasteiger partial charge in [-0.25, -0.2) is 0 Å². The Kier molecular flexibility index (Phi) is 6.17. The molecule has 0 saturated carbocycles. The number of hydrogen-bond acceptors (Lipinski definition) is 2. The summed E-state index contributed by atoms with van der Waals surface area (Å²) in [6.07, 6.45) is 0.501. The van der Waals surface area contributed by atoms with Crippen LogP contribution in [-0.2, 0) is 16.0 Å². The normalized spacial score (nSPS) is 18.7. The Hall–Kier alpha value is -3.40. The predicted molar refractivity (Wildman–Crippen MR) is 122 cm³/mol. The molecule has 31 heavy (non-hydrogen) atoms. The maximum absolute atomic E-state index is 13.8. The van der Waals surface area contributed by atoms with Crippen molar-refractivity contribution in [2.24, 2.45) is 0 Å². The molecule has 0 bridgehead atoms. The van der Waals surface area contributed by atoms with Crippen molar-refractivity contribution in [3.05, 3.63) is 108 Å². The Morgan fingerprint density at radius 1 is 0.742 bits per heavy atom. The highest BCUT2D eigenvalue weighted by molar-refractivity contribution is 5.95. The molecule has 0 spiro atoms. The van der Waals surface area contributed by atoms with E-state index in [2.05, 4.69) is 0 Å². The van der Waals surface area contributed by atoms with Gasteiger partial charge in [-0.1, -0.05) is 91.0 Å². The van der Waals surface area contributed by atoms with Gasteiger partial charge in [-0.3, -0.25) is 9.59 Å². The van der Waals surface area contributed by atoms with E-state index in [9.17, 15) is 9.59 Å². The van der Waals surface area contributed by atoms with Gasteiger partial charge in [0, 0.05) is 6.42 Å². The van der Waals surface area contributed by atoms with E-state index in [0.29, 0.717) is 6.42 Å². The van der Waals surface area contributed by atoms with Crippen LogP contribution in [0.5, 0.6) is 0 Å². The Morgan fingerprint density at radius 3 is 1.77 bits per heavy atom. The van der Waals surface area contributed by atoms with E-state index in [1.165, 1.54) is 0 Å². The Labute approximate surface area is 184 Å². The van der Waals surface area contributed by atoms with Crippen LogP contribution in [0.15, 0.2) is 91.0 Å². The van der Waals surface area contributed by atoms with Crippen molar-refractivity contribution < 1.29 is 9.59 Å². The molecule has 1 saturated heterocycles. The van der Waals surface area contributed by atoms with E-state index >= 15 is 0 Å². The van der Waals surface area contributed by atoms with E-state index in [1.807, 2.05) is 105 Å². The summed E-state index contributed by atoms with van der Waals surface area (Å²) < 4.78 is 0. The van der Waals surface area contributed by atoms with Crippen molar-refractivity contribution in [2.45, 2.75) is 38.4 Å². The summed E-state index contributed by atoms with van der Waals surface area (Å²) in [7, 11) is 0. The number of piperazine rings is 1. The van der Waals surface area contributed by atoms with Crippen molar-refractivity contribution in [3.8, 4) is 0 Å². The molecule has 4 heteroatoms. The van der Waals surface area contributed by atoms with E-state index in [0.717, 1.165) is 16.7 Å². The van der Waals surface area contributed by atoms with Gasteiger partial charge in [-0.05, 0) is 30.5 Å². The maximum Gasteiger partial charge on any atom is 0.246 e. The smallest absolute Gasteiger partial charge is 0.246 e. The minimum Gasteiger partial charge on any atom is -0.325 e. The Morgan fingerprint density at radius 2 is 1.23 bits per heavy atom. The van der Waals surface area contributed by atoms with Gasteiger partial charge in [0.15, 0.2) is 0 Å². The molecule has 4 rings (SSSR count). The molecule has 0 aliphatic carbocycles. The van der Waals surface area contributed by atoms with Crippen LogP contribution < -0.4 is 0 Å². The molecule has 158 valence electrons. The second-order valence-corrected chi connectivity index (χ2v) is 8.15. The fourth-order valence-corrected chi connectivity index (χ4v) is 4.43. The lowest BCUT2D eigenvalue weighted by molar-refractivity contribution is -0.160. The fraction of sp³-hybridized carbons (Fsp3) is 0.259. The van der Waals surface area contributed by atoms with Gasteiger partial charge >= 0.3 is 0 Å². The van der Waals surface area contributed by atoms with Crippen LogP contribution in [0.2, 0.25) is 0 Å². The van der Waals surface area contributed by atoms with Crippen LogP contribution in [0.1, 0.15) is 42.6 Å². The Bertz CT molecular complexity index is 1020. The molecule has 0 unspecified atom stereocenters. The summed E-state index contributed by atoms with van der Waals surface area (Å²) in [4.78, 5) is 30.7. The molecule has 3 aromatic carbocycles. The van der Waals surface area contributed by atoms with Crippen molar-refractivity contribution >= 4 is 11.8 Å². The highest BCUT2D eigenvalue weighted by Gasteiger charge is 2.43. The van der Waals surface area contributed by atoms with Crippen LogP contribution in [0, 0.1) is 0 Å². The highest BCUT2D eigenvalue weighted by atomic mass is 16.2. The molecule has 1 aliphatic rings. The SMILES string of the molecule is C[C@@H](c1ccccc1)N1CC(=O)N([C@@H](C)c2ccccc2)[C@@H](Cc2ccccc2)C1=O. The number of hydrogen-bond donors (Lipinski definition) is 0. The second-order valence-electron chi connectivity index (χ2n) is 8.15. The lowest BCUT2D eigenvalue weighted by atomic mass is 9.95. The van der Waals surface area contributed by atoms with Gasteiger partial charge in [0.25, 0.3) is 0 Å². The monoisotopic (exact) mass is 412 g/mol. The average molecular weight is 413 g/mol. The molecule has 3 aromatic rings. The summed E-state index contributed by atoms with van der Waals surface area (Å²) in [6.45, 7) is 4.10. The first-order valence-electron chi connectivity index (χ1n) is 10.8. The molecule has 1 heterocycles. The first kappa shape index (κ1) is 20.9. The fourth-order valence-electron chi connectivity index (χ4n) is 4.43. The first-order chi connectivity index (χ1) is 15.1. The van der Waals surface area contributed by atoms with Gasteiger partial charge in [-0.2, -0.15) is 0 Å². The van der Waals surface area contributed by atoms with Crippen molar-refractivity contribution in [3.63, 3.8) is 0 Å². The summed E-state index contributed by atoms with van der Waals surface area (Å²) in [5.74, 6) is -0.0118. The van der Waals surface area contributed by atoms with E-state index in [-0.39, 0.29) is 30.4 Å². The number of rotatable bonds is 6. The molecule has 1 fully saturated rings. The lowest BCUT2D eigenvalue weighted by Crippen LogP contribution is -2.61. The van der Waals surface area contributed by atoms with Gasteiger partial charge in [0.05, 0.1) is 12.1 Å². The standard InChI is InChI=1S/C27H28N2O2/c1-20(23-14-8-4-9-15-23)28-19-26(30)29(21(2)24-16-10-5-11-17-24)25(27(28)31)18-22-12-6-3-7-13-22/h3-17,20-21,25H,18-19H2,1-2H3/t20-,21-,25-/m0/s1. The van der Waals surface area contributed by atoms with Gasteiger partial charge in [0.2, 0.25) is 11.8 Å². The summed E-state index contributed by atoms with van der Waals surface area (Å²) >= 11 is 0. The van der Waals surface area contributed by atoms with Crippen LogP contribution in [0.4, 0.5) is 0 Å². The van der Waals surface area contributed by atoms with Crippen molar-refractivity contribution in [1.82, 2.24) is 9.80 Å². The zero-order valence-corrected chi connectivity index (χ0v) is 18.0. The minimum atomic E-state index is -0.537. The highest BCUT2D eigenvalue weighted by Crippen LogP contribution is 2.32. The average Bonchev–Trinajstić information content (AvgIpc) is 2.82.